The second-order valence-corrected chi connectivity index (χ2v) is 8.25. The van der Waals surface area contributed by atoms with Crippen LogP contribution in [0, 0.1) is 0 Å². The topological polar surface area (TPSA) is 91.3 Å². The number of esters is 2. The summed E-state index contributed by atoms with van der Waals surface area (Å²) in [7, 11) is 0. The second kappa shape index (κ2) is 16.9. The Hall–Kier alpha value is -2.70. The van der Waals surface area contributed by atoms with Crippen LogP contribution in [0.15, 0.2) is 23.4 Å². The van der Waals surface area contributed by atoms with Crippen LogP contribution in [0.25, 0.3) is 0 Å². The van der Waals surface area contributed by atoms with Gasteiger partial charge in [-0.25, -0.2) is 4.79 Å². The number of nitrogens with zero attached hydrogens (tertiary/aromatic N) is 1. The van der Waals surface area contributed by atoms with Crippen LogP contribution < -0.4 is 9.47 Å². The van der Waals surface area contributed by atoms with Crippen LogP contribution in [-0.4, -0.2) is 23.6 Å². The summed E-state index contributed by atoms with van der Waals surface area (Å²) >= 11 is 0. The van der Waals surface area contributed by atoms with Gasteiger partial charge in [-0.2, -0.15) is 0 Å². The molecule has 0 heterocycles. The van der Waals surface area contributed by atoms with E-state index in [0.29, 0.717) is 17.7 Å². The Kier molecular flexibility index (Phi) is 14.5. The largest absolute Gasteiger partial charge is 0.427 e. The third-order valence-corrected chi connectivity index (χ3v) is 5.08. The molecule has 1 rings (SSSR count). The zero-order valence-corrected chi connectivity index (χ0v) is 20.6. The molecular formula is C26H39NO6. The number of oxime groups is 1. The molecule has 0 aromatic heterocycles. The van der Waals surface area contributed by atoms with Gasteiger partial charge in [-0.1, -0.05) is 76.3 Å². The predicted octanol–water partition coefficient (Wildman–Crippen LogP) is 6.51. The predicted molar refractivity (Wildman–Crippen MR) is 128 cm³/mol. The van der Waals surface area contributed by atoms with Crippen LogP contribution >= 0.6 is 0 Å². The molecule has 7 heteroatoms. The molecule has 0 saturated carbocycles. The molecular weight excluding hydrogens is 422 g/mol. The van der Waals surface area contributed by atoms with Crippen molar-refractivity contribution in [1.82, 2.24) is 0 Å². The van der Waals surface area contributed by atoms with Crippen molar-refractivity contribution in [1.29, 1.82) is 0 Å². The van der Waals surface area contributed by atoms with E-state index in [1.807, 2.05) is 0 Å². The number of carbonyl (C=O) groups is 3. The van der Waals surface area contributed by atoms with Crippen LogP contribution in [0.4, 0.5) is 0 Å². The lowest BCUT2D eigenvalue weighted by molar-refractivity contribution is -0.141. The van der Waals surface area contributed by atoms with Gasteiger partial charge in [-0.15, -0.1) is 0 Å². The molecule has 0 bridgehead atoms. The number of ether oxygens (including phenoxy) is 2. The molecule has 0 aliphatic heterocycles. The highest BCUT2D eigenvalue weighted by Gasteiger charge is 2.16. The van der Waals surface area contributed by atoms with E-state index >= 15 is 0 Å². The van der Waals surface area contributed by atoms with E-state index in [2.05, 4.69) is 12.1 Å². The smallest absolute Gasteiger partial charge is 0.331 e. The number of rotatable bonds is 16. The van der Waals surface area contributed by atoms with Gasteiger partial charge in [0, 0.05) is 32.4 Å². The minimum atomic E-state index is -0.531. The zero-order valence-electron chi connectivity index (χ0n) is 20.6. The molecule has 7 nitrogen and oxygen atoms in total. The van der Waals surface area contributed by atoms with Gasteiger partial charge in [0.2, 0.25) is 0 Å². The summed E-state index contributed by atoms with van der Waals surface area (Å²) in [6, 6.07) is 4.70. The summed E-state index contributed by atoms with van der Waals surface area (Å²) in [5.41, 5.74) is 1.03. The van der Waals surface area contributed by atoms with E-state index in [-0.39, 0.29) is 11.5 Å². The minimum Gasteiger partial charge on any atom is -0.427 e. The summed E-state index contributed by atoms with van der Waals surface area (Å²) in [5.74, 6) is -1.07. The summed E-state index contributed by atoms with van der Waals surface area (Å²) in [4.78, 5) is 39.0. The quantitative estimate of drug-likeness (QED) is 0.0696. The Morgan fingerprint density at radius 1 is 0.727 bits per heavy atom. The number of unbranched alkanes of at least 4 members (excludes halogenated alkanes) is 10. The van der Waals surface area contributed by atoms with Crippen LogP contribution in [0.5, 0.6) is 11.5 Å². The third-order valence-electron chi connectivity index (χ3n) is 5.08. The lowest BCUT2D eigenvalue weighted by Gasteiger charge is -2.13. The van der Waals surface area contributed by atoms with E-state index in [9.17, 15) is 14.4 Å². The van der Waals surface area contributed by atoms with Gasteiger partial charge in [0.1, 0.15) is 11.5 Å². The maximum Gasteiger partial charge on any atom is 0.331 e. The first-order chi connectivity index (χ1) is 15.8. The molecule has 184 valence electrons. The first-order valence-electron chi connectivity index (χ1n) is 12.1. The molecule has 0 radical (unpaired) electrons. The first-order valence-corrected chi connectivity index (χ1v) is 12.1. The molecule has 0 saturated heterocycles. The Balaban J connectivity index is 2.68. The molecule has 0 amide bonds. The van der Waals surface area contributed by atoms with Gasteiger partial charge in [-0.05, 0) is 25.0 Å². The van der Waals surface area contributed by atoms with Gasteiger partial charge in [0.05, 0.1) is 5.71 Å². The fourth-order valence-corrected chi connectivity index (χ4v) is 3.52. The van der Waals surface area contributed by atoms with Crippen molar-refractivity contribution in [3.05, 3.63) is 23.8 Å². The molecule has 1 aromatic carbocycles. The van der Waals surface area contributed by atoms with Gasteiger partial charge < -0.3 is 14.3 Å². The minimum absolute atomic E-state index is 0.204. The van der Waals surface area contributed by atoms with E-state index < -0.39 is 17.9 Å². The van der Waals surface area contributed by atoms with Crippen molar-refractivity contribution in [3.63, 3.8) is 0 Å². The Morgan fingerprint density at radius 2 is 1.27 bits per heavy atom. The molecule has 0 unspecified atom stereocenters. The highest BCUT2D eigenvalue weighted by atomic mass is 16.7. The second-order valence-electron chi connectivity index (χ2n) is 8.25. The lowest BCUT2D eigenvalue weighted by Crippen LogP contribution is -2.11. The Labute approximate surface area is 197 Å². The summed E-state index contributed by atoms with van der Waals surface area (Å²) < 4.78 is 10.4. The van der Waals surface area contributed by atoms with Crippen LogP contribution in [0.1, 0.15) is 110 Å². The average Bonchev–Trinajstić information content (AvgIpc) is 2.73. The van der Waals surface area contributed by atoms with Crippen LogP contribution in [0.3, 0.4) is 0 Å². The van der Waals surface area contributed by atoms with Gasteiger partial charge in [0.15, 0.2) is 0 Å². The molecule has 0 aliphatic carbocycles. The normalized spacial score (nSPS) is 11.2. The van der Waals surface area contributed by atoms with Crippen molar-refractivity contribution in [2.24, 2.45) is 5.16 Å². The molecule has 33 heavy (non-hydrogen) atoms. The monoisotopic (exact) mass is 461 g/mol. The summed E-state index contributed by atoms with van der Waals surface area (Å²) in [6.07, 6.45) is 14.0. The number of hydrogen-bond acceptors (Lipinski definition) is 7. The highest BCUT2D eigenvalue weighted by molar-refractivity contribution is 6.03. The SMILES string of the molecule is CCCCCCCCCCCCC/C(=N\OC(C)=O)c1ccc(OC(C)=O)cc1OC(C)=O. The first kappa shape index (κ1) is 28.3. The molecule has 0 aliphatic rings. The van der Waals surface area contributed by atoms with E-state index in [1.54, 1.807) is 12.1 Å². The molecule has 0 spiro atoms. The van der Waals surface area contributed by atoms with Crippen LogP contribution in [0.2, 0.25) is 0 Å². The fraction of sp³-hybridized carbons (Fsp3) is 0.615. The van der Waals surface area contributed by atoms with Crippen molar-refractivity contribution in [3.8, 4) is 11.5 Å². The fourth-order valence-electron chi connectivity index (χ4n) is 3.52. The van der Waals surface area contributed by atoms with Gasteiger partial charge in [0.25, 0.3) is 0 Å². The van der Waals surface area contributed by atoms with E-state index in [0.717, 1.165) is 19.3 Å². The molecule has 0 fully saturated rings. The third kappa shape index (κ3) is 13.4. The maximum atomic E-state index is 11.6. The lowest BCUT2D eigenvalue weighted by atomic mass is 10.0. The molecule has 0 atom stereocenters. The van der Waals surface area contributed by atoms with Crippen molar-refractivity contribution in [2.75, 3.05) is 0 Å². The van der Waals surface area contributed by atoms with Crippen LogP contribution in [-0.2, 0) is 19.2 Å². The zero-order chi connectivity index (χ0) is 24.5. The standard InChI is InChI=1S/C26H39NO6/c1-5-6-7-8-9-10-11-12-13-14-15-16-25(27-33-22(4)30)24-18-17-23(31-20(2)28)19-26(24)32-21(3)29/h17-19H,5-16H2,1-4H3/b27-25+. The Morgan fingerprint density at radius 3 is 1.79 bits per heavy atom. The maximum absolute atomic E-state index is 11.6. The van der Waals surface area contributed by atoms with E-state index in [4.69, 9.17) is 14.3 Å². The number of hydrogen-bond donors (Lipinski definition) is 0. The molecule has 1 aromatic rings. The number of carbonyl (C=O) groups excluding carboxylic acids is 3. The average molecular weight is 462 g/mol. The van der Waals surface area contributed by atoms with Gasteiger partial charge in [-0.3, -0.25) is 9.59 Å². The molecule has 0 N–H and O–H groups in total. The Bertz CT molecular complexity index is 787. The van der Waals surface area contributed by atoms with Gasteiger partial charge >= 0.3 is 17.9 Å². The number of benzene rings is 1. The van der Waals surface area contributed by atoms with Crippen molar-refractivity contribution >= 4 is 23.6 Å². The summed E-state index contributed by atoms with van der Waals surface area (Å²) in [5, 5.41) is 4.00. The van der Waals surface area contributed by atoms with E-state index in [1.165, 1.54) is 78.2 Å². The van der Waals surface area contributed by atoms with Crippen molar-refractivity contribution < 1.29 is 28.7 Å². The highest BCUT2D eigenvalue weighted by Crippen LogP contribution is 2.28. The van der Waals surface area contributed by atoms with Crippen molar-refractivity contribution in [2.45, 2.75) is 105 Å². The summed E-state index contributed by atoms with van der Waals surface area (Å²) in [6.45, 7) is 6.09.